The fourth-order valence-electron chi connectivity index (χ4n) is 4.50. The Morgan fingerprint density at radius 3 is 2.68 bits per heavy atom. The van der Waals surface area contributed by atoms with Crippen molar-refractivity contribution >= 4 is 29.9 Å². The molecule has 1 unspecified atom stereocenters. The topological polar surface area (TPSA) is 53.2 Å². The fourth-order valence-corrected chi connectivity index (χ4v) is 4.50. The number of rotatable bonds is 5. The summed E-state index contributed by atoms with van der Waals surface area (Å²) in [4.78, 5) is 10.2. The lowest BCUT2D eigenvalue weighted by Gasteiger charge is -2.33. The molecular formula is C21H35IN4O2. The lowest BCUT2D eigenvalue weighted by Crippen LogP contribution is -2.48. The molecule has 1 aromatic heterocycles. The largest absolute Gasteiger partial charge is 0.469 e. The maximum absolute atomic E-state index is 5.52. The van der Waals surface area contributed by atoms with E-state index >= 15 is 0 Å². The smallest absolute Gasteiger partial charge is 0.194 e. The number of ether oxygens (including phenoxy) is 1. The maximum Gasteiger partial charge on any atom is 0.194 e. The molecule has 1 N–H and O–H groups in total. The average molecular weight is 502 g/mol. The minimum Gasteiger partial charge on any atom is -0.469 e. The molecule has 3 aliphatic heterocycles. The number of guanidine groups is 1. The van der Waals surface area contributed by atoms with Crippen molar-refractivity contribution in [3.8, 4) is 0 Å². The van der Waals surface area contributed by atoms with E-state index in [4.69, 9.17) is 14.1 Å². The third-order valence-corrected chi connectivity index (χ3v) is 6.12. The number of aliphatic imine (C=N–C) groups is 1. The Bertz CT molecular complexity index is 583. The number of piperidine rings is 1. The summed E-state index contributed by atoms with van der Waals surface area (Å²) >= 11 is 0. The van der Waals surface area contributed by atoms with Crippen LogP contribution in [0.5, 0.6) is 0 Å². The Labute approximate surface area is 186 Å². The summed E-state index contributed by atoms with van der Waals surface area (Å²) in [5, 5.41) is 3.75. The Kier molecular flexibility index (Phi) is 8.92. The molecule has 0 radical (unpaired) electrons. The molecular weight excluding hydrogens is 467 g/mol. The molecule has 0 aliphatic carbocycles. The number of nitrogens with zero attached hydrogens (tertiary/aromatic N) is 3. The zero-order chi connectivity index (χ0) is 18.3. The molecule has 0 saturated carbocycles. The standard InChI is InChI=1S/C21H34N4O2.HI/c1-2-11-24(12-3-1)19-7-13-25(17-19)21(23-18-8-15-26-16-9-18)22-10-6-20-5-4-14-27-20;/h4-5,14,18-19H,1-3,6-13,15-17H2,(H,22,23);1H. The fraction of sp³-hybridized carbons (Fsp3) is 0.762. The zero-order valence-electron chi connectivity index (χ0n) is 16.9. The second-order valence-corrected chi connectivity index (χ2v) is 8.05. The first-order valence-electron chi connectivity index (χ1n) is 10.8. The quantitative estimate of drug-likeness (QED) is 0.381. The van der Waals surface area contributed by atoms with E-state index in [1.165, 1.54) is 38.8 Å². The summed E-state index contributed by atoms with van der Waals surface area (Å²) in [6, 6.07) is 5.15. The zero-order valence-corrected chi connectivity index (χ0v) is 19.2. The molecule has 0 aromatic carbocycles. The Morgan fingerprint density at radius 2 is 1.93 bits per heavy atom. The SMILES string of the molecule is I.c1coc(CCN=C(NC2CCOCC2)N2CCC(N3CCCCC3)C2)c1. The van der Waals surface area contributed by atoms with Gasteiger partial charge < -0.3 is 19.4 Å². The monoisotopic (exact) mass is 502 g/mol. The highest BCUT2D eigenvalue weighted by molar-refractivity contribution is 14.0. The van der Waals surface area contributed by atoms with Crippen molar-refractivity contribution in [2.24, 2.45) is 4.99 Å². The van der Waals surface area contributed by atoms with E-state index < -0.39 is 0 Å². The van der Waals surface area contributed by atoms with Crippen LogP contribution in [0.2, 0.25) is 0 Å². The number of nitrogens with one attached hydrogen (secondary N) is 1. The Balaban J connectivity index is 0.00000225. The summed E-state index contributed by atoms with van der Waals surface area (Å²) in [7, 11) is 0. The van der Waals surface area contributed by atoms with Crippen LogP contribution in [0, 0.1) is 0 Å². The van der Waals surface area contributed by atoms with Crippen LogP contribution < -0.4 is 5.32 Å². The number of hydrogen-bond donors (Lipinski definition) is 1. The van der Waals surface area contributed by atoms with E-state index in [1.807, 2.05) is 12.1 Å². The van der Waals surface area contributed by atoms with E-state index in [-0.39, 0.29) is 24.0 Å². The van der Waals surface area contributed by atoms with Gasteiger partial charge >= 0.3 is 0 Å². The molecule has 28 heavy (non-hydrogen) atoms. The van der Waals surface area contributed by atoms with Gasteiger partial charge in [0.2, 0.25) is 0 Å². The highest BCUT2D eigenvalue weighted by Gasteiger charge is 2.31. The van der Waals surface area contributed by atoms with Crippen molar-refractivity contribution in [2.45, 2.75) is 57.0 Å². The molecule has 1 aromatic rings. The van der Waals surface area contributed by atoms with Crippen molar-refractivity contribution in [3.63, 3.8) is 0 Å². The lowest BCUT2D eigenvalue weighted by atomic mass is 10.1. The van der Waals surface area contributed by atoms with Gasteiger partial charge in [0.05, 0.1) is 6.26 Å². The van der Waals surface area contributed by atoms with Gasteiger partial charge in [0.25, 0.3) is 0 Å². The molecule has 4 heterocycles. The lowest BCUT2D eigenvalue weighted by molar-refractivity contribution is 0.0816. The molecule has 6 nitrogen and oxygen atoms in total. The van der Waals surface area contributed by atoms with Gasteiger partial charge in [0, 0.05) is 51.4 Å². The van der Waals surface area contributed by atoms with E-state index in [1.54, 1.807) is 6.26 Å². The van der Waals surface area contributed by atoms with Crippen molar-refractivity contribution < 1.29 is 9.15 Å². The molecule has 0 amide bonds. The van der Waals surface area contributed by atoms with E-state index in [9.17, 15) is 0 Å². The van der Waals surface area contributed by atoms with E-state index in [2.05, 4.69) is 15.1 Å². The Morgan fingerprint density at radius 1 is 1.11 bits per heavy atom. The van der Waals surface area contributed by atoms with Crippen LogP contribution >= 0.6 is 24.0 Å². The van der Waals surface area contributed by atoms with Crippen molar-refractivity contribution in [2.75, 3.05) is 45.9 Å². The molecule has 0 bridgehead atoms. The molecule has 3 fully saturated rings. The molecule has 4 rings (SSSR count). The third-order valence-electron chi connectivity index (χ3n) is 6.12. The predicted molar refractivity (Wildman–Crippen MR) is 123 cm³/mol. The molecule has 7 heteroatoms. The third kappa shape index (κ3) is 6.10. The van der Waals surface area contributed by atoms with Crippen molar-refractivity contribution in [3.05, 3.63) is 24.2 Å². The van der Waals surface area contributed by atoms with Gasteiger partial charge in [-0.3, -0.25) is 9.89 Å². The summed E-state index contributed by atoms with van der Waals surface area (Å²) in [5.41, 5.74) is 0. The highest BCUT2D eigenvalue weighted by Crippen LogP contribution is 2.21. The second kappa shape index (κ2) is 11.4. The van der Waals surface area contributed by atoms with Gasteiger partial charge in [-0.1, -0.05) is 6.42 Å². The first-order valence-corrected chi connectivity index (χ1v) is 10.8. The number of furan rings is 1. The van der Waals surface area contributed by atoms with E-state index in [0.29, 0.717) is 12.1 Å². The highest BCUT2D eigenvalue weighted by atomic mass is 127. The van der Waals surface area contributed by atoms with Gasteiger partial charge in [0.1, 0.15) is 5.76 Å². The predicted octanol–water partition coefficient (Wildman–Crippen LogP) is 3.12. The number of hydrogen-bond acceptors (Lipinski definition) is 4. The first-order chi connectivity index (χ1) is 13.4. The van der Waals surface area contributed by atoms with Gasteiger partial charge in [-0.2, -0.15) is 0 Å². The van der Waals surface area contributed by atoms with Crippen LogP contribution in [0.4, 0.5) is 0 Å². The summed E-state index contributed by atoms with van der Waals surface area (Å²) in [6.45, 7) is 7.24. The van der Waals surface area contributed by atoms with Gasteiger partial charge in [-0.05, 0) is 57.3 Å². The molecule has 3 aliphatic rings. The van der Waals surface area contributed by atoms with Crippen LogP contribution in [-0.2, 0) is 11.2 Å². The van der Waals surface area contributed by atoms with Crippen molar-refractivity contribution in [1.29, 1.82) is 0 Å². The molecule has 158 valence electrons. The minimum atomic E-state index is 0. The van der Waals surface area contributed by atoms with Gasteiger partial charge in [-0.25, -0.2) is 0 Å². The van der Waals surface area contributed by atoms with Gasteiger partial charge in [0.15, 0.2) is 5.96 Å². The normalized spacial score (nSPS) is 24.9. The van der Waals surface area contributed by atoms with Gasteiger partial charge in [-0.15, -0.1) is 24.0 Å². The number of likely N-dealkylation sites (tertiary alicyclic amines) is 2. The molecule has 3 saturated heterocycles. The minimum absolute atomic E-state index is 0. The summed E-state index contributed by atoms with van der Waals surface area (Å²) in [6.07, 6.45) is 10.1. The van der Waals surface area contributed by atoms with Crippen LogP contribution in [0.1, 0.15) is 44.3 Å². The van der Waals surface area contributed by atoms with Crippen LogP contribution in [0.3, 0.4) is 0 Å². The van der Waals surface area contributed by atoms with Crippen LogP contribution in [-0.4, -0.2) is 73.8 Å². The summed E-state index contributed by atoms with van der Waals surface area (Å²) < 4.78 is 11.0. The first kappa shape index (κ1) is 21.9. The van der Waals surface area contributed by atoms with Crippen molar-refractivity contribution in [1.82, 2.24) is 15.1 Å². The van der Waals surface area contributed by atoms with Crippen LogP contribution in [0.25, 0.3) is 0 Å². The van der Waals surface area contributed by atoms with Crippen LogP contribution in [0.15, 0.2) is 27.8 Å². The average Bonchev–Trinajstić information content (AvgIpc) is 3.41. The summed E-state index contributed by atoms with van der Waals surface area (Å²) in [5.74, 6) is 2.10. The molecule has 1 atom stereocenters. The number of halogens is 1. The maximum atomic E-state index is 5.52. The second-order valence-electron chi connectivity index (χ2n) is 8.05. The molecule has 0 spiro atoms. The Hall–Kier alpha value is -0.800. The van der Waals surface area contributed by atoms with E-state index in [0.717, 1.165) is 63.8 Å².